The molecule has 1 amide bonds. The lowest BCUT2D eigenvalue weighted by Crippen LogP contribution is -2.44. The molecule has 6 heteroatoms. The number of ketones is 1. The first kappa shape index (κ1) is 16.2. The smallest absolute Gasteiger partial charge is 0.261 e. The number of carbonyl (C=O) groups is 2. The Hall–Kier alpha value is -1.69. The molecule has 1 heterocycles. The van der Waals surface area contributed by atoms with Crippen molar-refractivity contribution >= 4 is 44.9 Å². The molecule has 1 aliphatic heterocycles. The Morgan fingerprint density at radius 1 is 1.26 bits per heavy atom. The highest BCUT2D eigenvalue weighted by Gasteiger charge is 2.52. The summed E-state index contributed by atoms with van der Waals surface area (Å²) in [5.74, 6) is -1.87. The molecule has 2 aromatic carbocycles. The van der Waals surface area contributed by atoms with Gasteiger partial charge in [-0.2, -0.15) is 0 Å². The van der Waals surface area contributed by atoms with E-state index in [4.69, 9.17) is 11.6 Å². The predicted molar refractivity (Wildman–Crippen MR) is 91.6 cm³/mol. The van der Waals surface area contributed by atoms with Crippen LogP contribution in [0.3, 0.4) is 0 Å². The SMILES string of the molecule is C[C@@H](C(=O)c1ccc(Cl)cc1)[C@]1(O)C(=O)Nc2ccc(Br)cc21. The quantitative estimate of drug-likeness (QED) is 0.779. The zero-order valence-electron chi connectivity index (χ0n) is 12.1. The van der Waals surface area contributed by atoms with Crippen molar-refractivity contribution in [3.05, 3.63) is 63.1 Å². The fourth-order valence-electron chi connectivity index (χ4n) is 2.76. The van der Waals surface area contributed by atoms with Gasteiger partial charge in [-0.25, -0.2) is 0 Å². The summed E-state index contributed by atoms with van der Waals surface area (Å²) in [5.41, 5.74) is -0.606. The Bertz CT molecular complexity index is 806. The van der Waals surface area contributed by atoms with Gasteiger partial charge in [-0.1, -0.05) is 34.5 Å². The number of halogens is 2. The highest BCUT2D eigenvalue weighted by atomic mass is 79.9. The van der Waals surface area contributed by atoms with E-state index in [-0.39, 0.29) is 5.78 Å². The average Bonchev–Trinajstić information content (AvgIpc) is 2.79. The molecule has 0 aromatic heterocycles. The molecule has 2 atom stereocenters. The Morgan fingerprint density at radius 3 is 2.57 bits per heavy atom. The fraction of sp³-hybridized carbons (Fsp3) is 0.176. The molecule has 0 saturated carbocycles. The van der Waals surface area contributed by atoms with Crippen molar-refractivity contribution in [3.8, 4) is 0 Å². The maximum Gasteiger partial charge on any atom is 0.261 e. The molecular formula is C17H13BrClNO3. The molecule has 4 nitrogen and oxygen atoms in total. The number of fused-ring (bicyclic) bond motifs is 1. The third-order valence-corrected chi connectivity index (χ3v) is 4.88. The number of benzene rings is 2. The summed E-state index contributed by atoms with van der Waals surface area (Å²) in [4.78, 5) is 25.0. The minimum absolute atomic E-state index is 0.327. The third-order valence-electron chi connectivity index (χ3n) is 4.14. The van der Waals surface area contributed by atoms with Crippen LogP contribution in [-0.2, 0) is 10.4 Å². The second kappa shape index (κ2) is 5.74. The normalized spacial score (nSPS) is 20.8. The monoisotopic (exact) mass is 393 g/mol. The molecule has 3 rings (SSSR count). The largest absolute Gasteiger partial charge is 0.375 e. The Labute approximate surface area is 146 Å². The Morgan fingerprint density at radius 2 is 1.91 bits per heavy atom. The van der Waals surface area contributed by atoms with Gasteiger partial charge >= 0.3 is 0 Å². The first-order valence-electron chi connectivity index (χ1n) is 6.97. The number of hydrogen-bond donors (Lipinski definition) is 2. The molecule has 1 aliphatic rings. The van der Waals surface area contributed by atoms with E-state index in [2.05, 4.69) is 21.2 Å². The van der Waals surface area contributed by atoms with Crippen LogP contribution in [0.4, 0.5) is 5.69 Å². The van der Waals surface area contributed by atoms with E-state index in [1.54, 1.807) is 49.4 Å². The van der Waals surface area contributed by atoms with Crippen LogP contribution in [0.25, 0.3) is 0 Å². The first-order chi connectivity index (χ1) is 10.8. The van der Waals surface area contributed by atoms with Gasteiger partial charge in [0.05, 0.1) is 5.92 Å². The highest BCUT2D eigenvalue weighted by Crippen LogP contribution is 2.43. The van der Waals surface area contributed by atoms with Crippen LogP contribution >= 0.6 is 27.5 Å². The van der Waals surface area contributed by atoms with E-state index in [1.165, 1.54) is 0 Å². The summed E-state index contributed by atoms with van der Waals surface area (Å²) >= 11 is 9.15. The fourth-order valence-corrected chi connectivity index (χ4v) is 3.25. The Balaban J connectivity index is 2.03. The first-order valence-corrected chi connectivity index (χ1v) is 8.14. The molecule has 0 bridgehead atoms. The maximum absolute atomic E-state index is 12.7. The van der Waals surface area contributed by atoms with Gasteiger partial charge in [0.2, 0.25) is 0 Å². The van der Waals surface area contributed by atoms with E-state index in [0.29, 0.717) is 21.8 Å². The van der Waals surface area contributed by atoms with E-state index in [0.717, 1.165) is 4.47 Å². The zero-order chi connectivity index (χ0) is 16.8. The number of Topliss-reactive ketones (excluding diaryl/α,β-unsaturated/α-hetero) is 1. The molecule has 0 saturated heterocycles. The Kier molecular flexibility index (Phi) is 4.04. The number of hydrogen-bond acceptors (Lipinski definition) is 3. The highest BCUT2D eigenvalue weighted by molar-refractivity contribution is 9.10. The third kappa shape index (κ3) is 2.59. The molecular weight excluding hydrogens is 382 g/mol. The van der Waals surface area contributed by atoms with Crippen LogP contribution in [0.15, 0.2) is 46.9 Å². The molecule has 23 heavy (non-hydrogen) atoms. The van der Waals surface area contributed by atoms with Gasteiger partial charge in [0.1, 0.15) is 0 Å². The summed E-state index contributed by atoms with van der Waals surface area (Å²) in [7, 11) is 0. The minimum Gasteiger partial charge on any atom is -0.375 e. The van der Waals surface area contributed by atoms with Crippen molar-refractivity contribution in [2.24, 2.45) is 5.92 Å². The number of amides is 1. The maximum atomic E-state index is 12.7. The van der Waals surface area contributed by atoms with Crippen LogP contribution in [0.2, 0.25) is 5.02 Å². The van der Waals surface area contributed by atoms with Gasteiger partial charge in [0, 0.05) is 26.3 Å². The molecule has 0 unspecified atom stereocenters. The van der Waals surface area contributed by atoms with Crippen molar-refractivity contribution < 1.29 is 14.7 Å². The standard InChI is InChI=1S/C17H13BrClNO3/c1-9(15(21)10-2-5-12(19)6-3-10)17(23)13-8-11(18)4-7-14(13)20-16(17)22/h2-9,23H,1H3,(H,20,22)/t9-,17+/m0/s1. The lowest BCUT2D eigenvalue weighted by molar-refractivity contribution is -0.137. The summed E-state index contributed by atoms with van der Waals surface area (Å²) in [6, 6.07) is 11.5. The molecule has 0 spiro atoms. The lowest BCUT2D eigenvalue weighted by atomic mass is 9.79. The van der Waals surface area contributed by atoms with Gasteiger partial charge < -0.3 is 10.4 Å². The van der Waals surface area contributed by atoms with Crippen LogP contribution < -0.4 is 5.32 Å². The zero-order valence-corrected chi connectivity index (χ0v) is 14.5. The molecule has 0 radical (unpaired) electrons. The van der Waals surface area contributed by atoms with Crippen molar-refractivity contribution in [1.82, 2.24) is 0 Å². The summed E-state index contributed by atoms with van der Waals surface area (Å²) in [5, 5.41) is 14.2. The molecule has 2 N–H and O–H groups in total. The summed E-state index contributed by atoms with van der Waals surface area (Å²) < 4.78 is 0.720. The second-order valence-corrected chi connectivity index (χ2v) is 6.86. The summed E-state index contributed by atoms with van der Waals surface area (Å²) in [6.45, 7) is 1.55. The van der Waals surface area contributed by atoms with Gasteiger partial charge in [-0.15, -0.1) is 0 Å². The number of carbonyl (C=O) groups excluding carboxylic acids is 2. The van der Waals surface area contributed by atoms with Crippen LogP contribution in [0.5, 0.6) is 0 Å². The van der Waals surface area contributed by atoms with E-state index in [9.17, 15) is 14.7 Å². The molecule has 118 valence electrons. The average molecular weight is 395 g/mol. The van der Waals surface area contributed by atoms with Crippen molar-refractivity contribution in [2.45, 2.75) is 12.5 Å². The van der Waals surface area contributed by atoms with E-state index in [1.807, 2.05) is 0 Å². The van der Waals surface area contributed by atoms with Crippen LogP contribution in [0, 0.1) is 5.92 Å². The predicted octanol–water partition coefficient (Wildman–Crippen LogP) is 3.76. The van der Waals surface area contributed by atoms with Gasteiger partial charge in [-0.05, 0) is 42.5 Å². The van der Waals surface area contributed by atoms with Crippen molar-refractivity contribution in [3.63, 3.8) is 0 Å². The lowest BCUT2D eigenvalue weighted by Gasteiger charge is -2.27. The van der Waals surface area contributed by atoms with E-state index < -0.39 is 17.4 Å². The number of aliphatic hydroxyl groups is 1. The second-order valence-electron chi connectivity index (χ2n) is 5.50. The molecule has 0 fully saturated rings. The van der Waals surface area contributed by atoms with E-state index >= 15 is 0 Å². The van der Waals surface area contributed by atoms with Crippen LogP contribution in [0.1, 0.15) is 22.8 Å². The minimum atomic E-state index is -1.91. The molecule has 0 aliphatic carbocycles. The van der Waals surface area contributed by atoms with Gasteiger partial charge in [-0.3, -0.25) is 9.59 Å². The van der Waals surface area contributed by atoms with Gasteiger partial charge in [0.15, 0.2) is 11.4 Å². The number of rotatable bonds is 3. The van der Waals surface area contributed by atoms with Crippen LogP contribution in [-0.4, -0.2) is 16.8 Å². The molecule has 2 aromatic rings. The summed E-state index contributed by atoms with van der Waals surface area (Å²) in [6.07, 6.45) is 0. The van der Waals surface area contributed by atoms with Crippen molar-refractivity contribution in [2.75, 3.05) is 5.32 Å². The topological polar surface area (TPSA) is 66.4 Å². The van der Waals surface area contributed by atoms with Crippen molar-refractivity contribution in [1.29, 1.82) is 0 Å². The van der Waals surface area contributed by atoms with Gasteiger partial charge in [0.25, 0.3) is 5.91 Å². The number of nitrogens with one attached hydrogen (secondary N) is 1. The number of anilines is 1.